The van der Waals surface area contributed by atoms with Crippen molar-refractivity contribution in [1.82, 2.24) is 0 Å². The highest BCUT2D eigenvalue weighted by Gasteiger charge is 2.64. The zero-order valence-corrected chi connectivity index (χ0v) is 7.76. The lowest BCUT2D eigenvalue weighted by Gasteiger charge is -2.17. The summed E-state index contributed by atoms with van der Waals surface area (Å²) >= 11 is 9.90. The van der Waals surface area contributed by atoms with Crippen LogP contribution in [0.2, 0.25) is 0 Å². The van der Waals surface area contributed by atoms with E-state index in [0.717, 1.165) is 0 Å². The molecule has 0 aliphatic heterocycles. The Morgan fingerprint density at radius 3 is 1.93 bits per heavy atom. The van der Waals surface area contributed by atoms with Gasteiger partial charge in [0.15, 0.2) is 0 Å². The Hall–Kier alpha value is -0.300. The van der Waals surface area contributed by atoms with Crippen molar-refractivity contribution in [2.45, 2.75) is 16.9 Å². The molecule has 0 saturated carbocycles. The quantitative estimate of drug-likeness (QED) is 0.443. The normalized spacial score (nSPS) is 13.1. The number of hydrogen-bond acceptors (Lipinski definition) is 2. The minimum absolute atomic E-state index is 0.937. The minimum Gasteiger partial charge on any atom is -0.458 e. The molecule has 14 heavy (non-hydrogen) atoms. The molecule has 0 bridgehead atoms. The molecule has 0 aliphatic rings. The fourth-order valence-electron chi connectivity index (χ4n) is 0.345. The van der Waals surface area contributed by atoms with Crippen LogP contribution >= 0.6 is 23.2 Å². The van der Waals surface area contributed by atoms with Crippen LogP contribution in [0.5, 0.6) is 0 Å². The van der Waals surface area contributed by atoms with E-state index < -0.39 is 29.5 Å². The van der Waals surface area contributed by atoms with Gasteiger partial charge in [-0.3, -0.25) is 0 Å². The van der Waals surface area contributed by atoms with Gasteiger partial charge in [-0.1, -0.05) is 0 Å². The van der Waals surface area contributed by atoms with Crippen molar-refractivity contribution < 1.29 is 31.5 Å². The second-order valence-corrected chi connectivity index (χ2v) is 3.34. The molecule has 0 aliphatic carbocycles. The maximum Gasteiger partial charge on any atom is 0.465 e. The average molecular weight is 261 g/mol. The third kappa shape index (κ3) is 3.45. The van der Waals surface area contributed by atoms with Crippen LogP contribution in [0.15, 0.2) is 0 Å². The molecule has 0 fully saturated rings. The van der Waals surface area contributed by atoms with Gasteiger partial charge in [0.1, 0.15) is 11.4 Å². The highest BCUT2D eigenvalue weighted by atomic mass is 35.5. The molecule has 0 aromatic carbocycles. The van der Waals surface area contributed by atoms with Crippen LogP contribution < -0.4 is 0 Å². The highest BCUT2D eigenvalue weighted by molar-refractivity contribution is 6.44. The third-order valence-electron chi connectivity index (χ3n) is 0.953. The molecule has 0 amide bonds. The van der Waals surface area contributed by atoms with Crippen molar-refractivity contribution >= 4 is 29.2 Å². The summed E-state index contributed by atoms with van der Waals surface area (Å²) in [6.45, 7) is -0.937. The summed E-state index contributed by atoms with van der Waals surface area (Å²) in [5.74, 6) is -8.27. The smallest absolute Gasteiger partial charge is 0.458 e. The summed E-state index contributed by atoms with van der Waals surface area (Å²) in [4.78, 5) is 8.85. The predicted octanol–water partition coefficient (Wildman–Crippen LogP) is 2.53. The van der Waals surface area contributed by atoms with Gasteiger partial charge in [-0.2, -0.15) is 22.0 Å². The largest absolute Gasteiger partial charge is 0.465 e. The third-order valence-corrected chi connectivity index (χ3v) is 1.20. The Morgan fingerprint density at radius 2 is 1.64 bits per heavy atom. The molecular formula is C5H3Cl2F5O2. The minimum atomic E-state index is -5.99. The predicted molar refractivity (Wildman–Crippen MR) is 37.5 cm³/mol. The van der Waals surface area contributed by atoms with E-state index in [1.807, 2.05) is 0 Å². The summed E-state index contributed by atoms with van der Waals surface area (Å²) < 4.78 is 62.2. The number of carbonyl (C=O) groups excluding carboxylic acids is 1. The van der Waals surface area contributed by atoms with E-state index in [1.54, 1.807) is 0 Å². The van der Waals surface area contributed by atoms with Gasteiger partial charge in [-0.15, -0.1) is 23.2 Å². The molecule has 84 valence electrons. The van der Waals surface area contributed by atoms with Crippen LogP contribution in [-0.2, 0) is 9.53 Å². The van der Waals surface area contributed by atoms with Gasteiger partial charge in [0.2, 0.25) is 0 Å². The fraction of sp³-hybridized carbons (Fsp3) is 0.800. The van der Waals surface area contributed by atoms with Gasteiger partial charge < -0.3 is 4.74 Å². The maximum atomic E-state index is 12.1. The Kier molecular flexibility index (Phi) is 4.38. The summed E-state index contributed by atoms with van der Waals surface area (Å²) in [7, 11) is 0. The Labute approximate surface area is 84.9 Å². The zero-order chi connectivity index (χ0) is 11.6. The van der Waals surface area contributed by atoms with Gasteiger partial charge in [0, 0.05) is 0 Å². The number of ether oxygens (including phenoxy) is 1. The molecule has 0 spiro atoms. The average Bonchev–Trinajstić information content (AvgIpc) is 1.97. The molecule has 0 rings (SSSR count). The summed E-state index contributed by atoms with van der Waals surface area (Å²) in [5.41, 5.74) is 0. The topological polar surface area (TPSA) is 26.3 Å². The number of rotatable bonds is 3. The van der Waals surface area contributed by atoms with Crippen LogP contribution in [0.25, 0.3) is 0 Å². The molecule has 0 N–H and O–H groups in total. The summed E-state index contributed by atoms with van der Waals surface area (Å²) in [6, 6.07) is 0. The SMILES string of the molecule is O=C(OCC(Cl)Cl)C(F)(F)C(F)(F)F. The molecule has 0 radical (unpaired) electrons. The number of esters is 1. The first-order valence-corrected chi connectivity index (χ1v) is 3.86. The lowest BCUT2D eigenvalue weighted by molar-refractivity contribution is -0.280. The number of carbonyl (C=O) groups is 1. The van der Waals surface area contributed by atoms with Crippen molar-refractivity contribution in [1.29, 1.82) is 0 Å². The molecule has 0 heterocycles. The van der Waals surface area contributed by atoms with Gasteiger partial charge in [0.05, 0.1) is 0 Å². The van der Waals surface area contributed by atoms with Crippen molar-refractivity contribution in [3.63, 3.8) is 0 Å². The first kappa shape index (κ1) is 13.7. The molecule has 0 atom stereocenters. The van der Waals surface area contributed by atoms with Crippen molar-refractivity contribution in [2.75, 3.05) is 6.61 Å². The van der Waals surface area contributed by atoms with E-state index >= 15 is 0 Å². The Morgan fingerprint density at radius 1 is 1.21 bits per heavy atom. The maximum absolute atomic E-state index is 12.1. The fourth-order valence-corrected chi connectivity index (χ4v) is 0.471. The molecule has 0 saturated heterocycles. The lowest BCUT2D eigenvalue weighted by Crippen LogP contribution is -2.45. The lowest BCUT2D eigenvalue weighted by atomic mass is 10.3. The highest BCUT2D eigenvalue weighted by Crippen LogP contribution is 2.36. The van der Waals surface area contributed by atoms with Gasteiger partial charge in [0.25, 0.3) is 0 Å². The standard InChI is InChI=1S/C5H3Cl2F5O2/c6-2(7)1-14-3(13)4(8,9)5(10,11)12/h2H,1H2. The van der Waals surface area contributed by atoms with E-state index in [0.29, 0.717) is 0 Å². The Balaban J connectivity index is 4.38. The van der Waals surface area contributed by atoms with Crippen LogP contribution in [0.4, 0.5) is 22.0 Å². The molecule has 0 aromatic heterocycles. The summed E-state index contributed by atoms with van der Waals surface area (Å²) in [5, 5.41) is 0. The zero-order valence-electron chi connectivity index (χ0n) is 6.25. The van der Waals surface area contributed by atoms with Crippen molar-refractivity contribution in [3.8, 4) is 0 Å². The van der Waals surface area contributed by atoms with Crippen LogP contribution in [0.1, 0.15) is 0 Å². The van der Waals surface area contributed by atoms with E-state index in [9.17, 15) is 26.7 Å². The van der Waals surface area contributed by atoms with Crippen LogP contribution in [-0.4, -0.2) is 29.5 Å². The monoisotopic (exact) mass is 260 g/mol. The van der Waals surface area contributed by atoms with Gasteiger partial charge >= 0.3 is 18.1 Å². The van der Waals surface area contributed by atoms with Crippen molar-refractivity contribution in [3.05, 3.63) is 0 Å². The number of alkyl halides is 7. The van der Waals surface area contributed by atoms with E-state index in [2.05, 4.69) is 4.74 Å². The Bertz CT molecular complexity index is 215. The van der Waals surface area contributed by atoms with Crippen LogP contribution in [0, 0.1) is 0 Å². The van der Waals surface area contributed by atoms with Crippen molar-refractivity contribution in [2.24, 2.45) is 0 Å². The van der Waals surface area contributed by atoms with Gasteiger partial charge in [-0.05, 0) is 0 Å². The van der Waals surface area contributed by atoms with E-state index in [4.69, 9.17) is 23.2 Å². The van der Waals surface area contributed by atoms with E-state index in [1.165, 1.54) is 0 Å². The molecule has 9 heteroatoms. The molecule has 0 aromatic rings. The van der Waals surface area contributed by atoms with Crippen LogP contribution in [0.3, 0.4) is 0 Å². The first-order valence-electron chi connectivity index (χ1n) is 2.99. The second-order valence-electron chi connectivity index (χ2n) is 2.06. The van der Waals surface area contributed by atoms with Gasteiger partial charge in [-0.25, -0.2) is 4.79 Å². The second kappa shape index (κ2) is 4.48. The summed E-state index contributed by atoms with van der Waals surface area (Å²) in [6.07, 6.45) is -5.99. The van der Waals surface area contributed by atoms with E-state index in [-0.39, 0.29) is 0 Å². The molecular weight excluding hydrogens is 258 g/mol. The number of halogens is 7. The first-order chi connectivity index (χ1) is 6.09. The molecule has 2 nitrogen and oxygen atoms in total. The molecule has 0 unspecified atom stereocenters. The number of hydrogen-bond donors (Lipinski definition) is 0.